The maximum atomic E-state index is 6.85. The second-order valence-corrected chi connectivity index (χ2v) is 26.4. The average molecular weight is 587 g/mol. The van der Waals surface area contributed by atoms with Gasteiger partial charge in [-0.15, -0.1) is 0 Å². The van der Waals surface area contributed by atoms with Crippen molar-refractivity contribution in [1.29, 1.82) is 0 Å². The van der Waals surface area contributed by atoms with E-state index in [0.717, 1.165) is 37.0 Å². The first-order chi connectivity index (χ1) is 18.2. The van der Waals surface area contributed by atoms with Crippen LogP contribution in [0.1, 0.15) is 119 Å². The van der Waals surface area contributed by atoms with Gasteiger partial charge in [0.1, 0.15) is 0 Å². The Hall–Kier alpha value is -0.426. The minimum absolute atomic E-state index is 0.0123. The fourth-order valence-electron chi connectivity index (χ4n) is 8.22. The van der Waals surface area contributed by atoms with E-state index in [4.69, 9.17) is 8.85 Å². The van der Waals surface area contributed by atoms with Gasteiger partial charge in [-0.25, -0.2) is 0 Å². The van der Waals surface area contributed by atoms with Crippen molar-refractivity contribution in [3.8, 4) is 0 Å². The monoisotopic (exact) mass is 586 g/mol. The lowest BCUT2D eigenvalue weighted by molar-refractivity contribution is 0.0735. The molecule has 0 bridgehead atoms. The Bertz CT molecular complexity index is 945. The molecule has 0 radical (unpaired) electrons. The van der Waals surface area contributed by atoms with Crippen LogP contribution >= 0.6 is 0 Å². The SMILES string of the molecule is C=C1CCC(O[Si](C)(C)C(C)(C)C)CC1=CC=C1CCC[C@]2(C)[C@@H]([C@@H](C)CCCC(C)(C)O[Si](C)(C)C)CC[C@@H]12. The second kappa shape index (κ2) is 12.7. The molecule has 0 aromatic heterocycles. The molecule has 0 heterocycles. The molecule has 0 aliphatic heterocycles. The van der Waals surface area contributed by atoms with E-state index in [2.05, 4.69) is 99.9 Å². The van der Waals surface area contributed by atoms with Crippen LogP contribution in [0.2, 0.25) is 37.8 Å². The molecular formula is C36H66O2Si2. The molecule has 0 N–H and O–H groups in total. The molecule has 0 saturated heterocycles. The van der Waals surface area contributed by atoms with E-state index >= 15 is 0 Å². The Kier molecular flexibility index (Phi) is 10.8. The van der Waals surface area contributed by atoms with Crippen molar-refractivity contribution in [2.24, 2.45) is 23.2 Å². The van der Waals surface area contributed by atoms with E-state index in [0.29, 0.717) is 11.5 Å². The minimum atomic E-state index is -1.75. The van der Waals surface area contributed by atoms with Crippen molar-refractivity contribution in [2.75, 3.05) is 0 Å². The van der Waals surface area contributed by atoms with Crippen LogP contribution in [0.15, 0.2) is 35.5 Å². The summed E-state index contributed by atoms with van der Waals surface area (Å²) in [5.74, 6) is 2.40. The highest BCUT2D eigenvalue weighted by Gasteiger charge is 2.50. The molecule has 0 amide bonds. The minimum Gasteiger partial charge on any atom is -0.414 e. The van der Waals surface area contributed by atoms with Crippen molar-refractivity contribution < 1.29 is 8.85 Å². The van der Waals surface area contributed by atoms with Gasteiger partial charge in [0.25, 0.3) is 0 Å². The van der Waals surface area contributed by atoms with Gasteiger partial charge in [-0.3, -0.25) is 0 Å². The molecule has 3 rings (SSSR count). The fourth-order valence-corrected chi connectivity index (χ4v) is 11.4. The molecule has 0 aromatic rings. The number of fused-ring (bicyclic) bond motifs is 1. The van der Waals surface area contributed by atoms with E-state index in [9.17, 15) is 0 Å². The Balaban J connectivity index is 1.65. The summed E-state index contributed by atoms with van der Waals surface area (Å²) in [6, 6.07) is 0. The van der Waals surface area contributed by atoms with Gasteiger partial charge in [0, 0.05) is 6.10 Å². The van der Waals surface area contributed by atoms with Gasteiger partial charge in [0.15, 0.2) is 16.6 Å². The maximum Gasteiger partial charge on any atom is 0.192 e. The largest absolute Gasteiger partial charge is 0.414 e. The Morgan fingerprint density at radius 2 is 1.68 bits per heavy atom. The summed E-state index contributed by atoms with van der Waals surface area (Å²) in [5, 5.41) is 0.258. The molecule has 230 valence electrons. The molecule has 4 heteroatoms. The maximum absolute atomic E-state index is 6.85. The predicted molar refractivity (Wildman–Crippen MR) is 181 cm³/mol. The van der Waals surface area contributed by atoms with Crippen molar-refractivity contribution in [3.63, 3.8) is 0 Å². The van der Waals surface area contributed by atoms with Gasteiger partial charge in [-0.1, -0.05) is 77.3 Å². The smallest absolute Gasteiger partial charge is 0.192 e. The van der Waals surface area contributed by atoms with Crippen LogP contribution in [0.25, 0.3) is 0 Å². The topological polar surface area (TPSA) is 18.5 Å². The van der Waals surface area contributed by atoms with Crippen LogP contribution in [-0.4, -0.2) is 28.3 Å². The van der Waals surface area contributed by atoms with Crippen LogP contribution in [-0.2, 0) is 8.85 Å². The molecule has 40 heavy (non-hydrogen) atoms. The Morgan fingerprint density at radius 1 is 1.00 bits per heavy atom. The normalized spacial score (nSPS) is 31.6. The lowest BCUT2D eigenvalue weighted by atomic mass is 9.60. The molecule has 1 unspecified atom stereocenters. The van der Waals surface area contributed by atoms with Crippen molar-refractivity contribution in [3.05, 3.63) is 35.5 Å². The highest BCUT2D eigenvalue weighted by Crippen LogP contribution is 2.60. The fraction of sp³-hybridized carbons (Fsp3) is 0.833. The summed E-state index contributed by atoms with van der Waals surface area (Å²) in [6.07, 6.45) is 19.2. The summed E-state index contributed by atoms with van der Waals surface area (Å²) in [7, 11) is -3.26. The van der Waals surface area contributed by atoms with Crippen LogP contribution < -0.4 is 0 Å². The third kappa shape index (κ3) is 8.57. The van der Waals surface area contributed by atoms with Crippen LogP contribution in [0.4, 0.5) is 0 Å². The first-order valence-corrected chi connectivity index (χ1v) is 23.0. The summed E-state index contributed by atoms with van der Waals surface area (Å²) in [4.78, 5) is 0. The Labute approximate surface area is 252 Å². The van der Waals surface area contributed by atoms with Gasteiger partial charge in [0.2, 0.25) is 0 Å². The average Bonchev–Trinajstić information content (AvgIpc) is 3.14. The van der Waals surface area contributed by atoms with E-state index < -0.39 is 16.6 Å². The number of hydrogen-bond donors (Lipinski definition) is 0. The van der Waals surface area contributed by atoms with Gasteiger partial charge in [-0.2, -0.15) is 0 Å². The standard InChI is InChI=1S/C36H66O2Si2/c1-27-18-21-31(37-40(12,13)34(3,4)5)26-30(27)20-19-29-17-15-25-36(8)32(22-23-33(29)36)28(2)16-14-24-35(6,7)38-39(9,10)11/h19-20,28,31-33H,1,14-18,21-26H2,2-13H3/t28-,31?,32+,33-,36+/m0/s1. The quantitative estimate of drug-likeness (QED) is 0.237. The highest BCUT2D eigenvalue weighted by molar-refractivity contribution is 6.74. The van der Waals surface area contributed by atoms with Crippen LogP contribution in [0, 0.1) is 23.2 Å². The van der Waals surface area contributed by atoms with E-state index in [-0.39, 0.29) is 10.6 Å². The summed E-state index contributed by atoms with van der Waals surface area (Å²) in [5.41, 5.74) is 4.98. The van der Waals surface area contributed by atoms with E-state index in [1.807, 2.05) is 0 Å². The van der Waals surface area contributed by atoms with Crippen molar-refractivity contribution >= 4 is 16.6 Å². The summed E-state index contributed by atoms with van der Waals surface area (Å²) in [6.45, 7) is 33.0. The van der Waals surface area contributed by atoms with E-state index in [1.165, 1.54) is 62.5 Å². The van der Waals surface area contributed by atoms with Crippen molar-refractivity contribution in [1.82, 2.24) is 0 Å². The first-order valence-electron chi connectivity index (χ1n) is 16.7. The second-order valence-electron chi connectivity index (χ2n) is 17.2. The van der Waals surface area contributed by atoms with Gasteiger partial charge < -0.3 is 8.85 Å². The summed E-state index contributed by atoms with van der Waals surface area (Å²) >= 11 is 0. The highest BCUT2D eigenvalue weighted by atomic mass is 28.4. The third-order valence-electron chi connectivity index (χ3n) is 11.2. The third-order valence-corrected chi connectivity index (χ3v) is 16.9. The molecule has 3 fully saturated rings. The zero-order valence-electron chi connectivity index (χ0n) is 28.8. The molecule has 3 aliphatic rings. The lowest BCUT2D eigenvalue weighted by Crippen LogP contribution is -2.44. The molecule has 2 nitrogen and oxygen atoms in total. The predicted octanol–water partition coefficient (Wildman–Crippen LogP) is 11.6. The molecule has 3 aliphatic carbocycles. The van der Waals surface area contributed by atoms with E-state index in [1.54, 1.807) is 5.57 Å². The molecule has 0 aromatic carbocycles. The van der Waals surface area contributed by atoms with Crippen LogP contribution in [0.3, 0.4) is 0 Å². The molecule has 3 saturated carbocycles. The van der Waals surface area contributed by atoms with Gasteiger partial charge in [-0.05, 0) is 138 Å². The number of rotatable bonds is 10. The number of allylic oxidation sites excluding steroid dienone is 4. The first kappa shape index (κ1) is 34.1. The number of hydrogen-bond acceptors (Lipinski definition) is 2. The van der Waals surface area contributed by atoms with Crippen LogP contribution in [0.5, 0.6) is 0 Å². The molecular weight excluding hydrogens is 521 g/mol. The zero-order valence-corrected chi connectivity index (χ0v) is 30.8. The summed E-state index contributed by atoms with van der Waals surface area (Å²) < 4.78 is 13.3. The zero-order chi connectivity index (χ0) is 30.1. The van der Waals surface area contributed by atoms with Gasteiger partial charge >= 0.3 is 0 Å². The molecule has 5 atom stereocenters. The Morgan fingerprint density at radius 3 is 2.30 bits per heavy atom. The lowest BCUT2D eigenvalue weighted by Gasteiger charge is -2.44. The van der Waals surface area contributed by atoms with Crippen molar-refractivity contribution in [2.45, 2.75) is 169 Å². The van der Waals surface area contributed by atoms with Gasteiger partial charge in [0.05, 0.1) is 5.60 Å². The molecule has 0 spiro atoms.